The molecule has 7 heteroatoms. The summed E-state index contributed by atoms with van der Waals surface area (Å²) in [5.74, 6) is -0.577. The predicted octanol–water partition coefficient (Wildman–Crippen LogP) is 3.25. The topological polar surface area (TPSA) is 47.1 Å². The Labute approximate surface area is 170 Å². The minimum Gasteiger partial charge on any atom is -0.368 e. The molecule has 0 saturated carbocycles. The first-order chi connectivity index (χ1) is 14.0. The fourth-order valence-electron chi connectivity index (χ4n) is 4.14. The first-order valence-corrected chi connectivity index (χ1v) is 9.90. The van der Waals surface area contributed by atoms with Crippen molar-refractivity contribution in [3.63, 3.8) is 0 Å². The summed E-state index contributed by atoms with van der Waals surface area (Å²) in [6.07, 6.45) is 0. The third-order valence-corrected chi connectivity index (χ3v) is 5.68. The molecule has 152 valence electrons. The minimum absolute atomic E-state index is 0.0921. The Hall–Kier alpha value is -3.09. The van der Waals surface area contributed by atoms with Gasteiger partial charge in [0.15, 0.2) is 0 Å². The molecule has 2 aromatic carbocycles. The van der Waals surface area contributed by atoms with E-state index in [0.29, 0.717) is 37.6 Å². The Kier molecular flexibility index (Phi) is 5.13. The molecule has 0 N–H and O–H groups in total. The summed E-state index contributed by atoms with van der Waals surface area (Å²) >= 11 is 0. The van der Waals surface area contributed by atoms with Gasteiger partial charge in [-0.3, -0.25) is 9.69 Å². The van der Waals surface area contributed by atoms with E-state index < -0.39 is 5.82 Å². The van der Waals surface area contributed by atoms with Crippen LogP contribution in [0.25, 0.3) is 0 Å². The van der Waals surface area contributed by atoms with Crippen LogP contribution in [0.4, 0.5) is 26.2 Å². The first kappa shape index (κ1) is 19.2. The second kappa shape index (κ2) is 7.73. The molecule has 0 aliphatic carbocycles. The van der Waals surface area contributed by atoms with Gasteiger partial charge in [0.1, 0.15) is 5.82 Å². The number of urea groups is 1. The number of para-hydroxylation sites is 1. The Morgan fingerprint density at radius 1 is 0.828 bits per heavy atom. The Balaban J connectivity index is 1.50. The molecule has 0 bridgehead atoms. The van der Waals surface area contributed by atoms with Crippen molar-refractivity contribution in [1.82, 2.24) is 4.90 Å². The molecule has 0 aromatic heterocycles. The van der Waals surface area contributed by atoms with Crippen molar-refractivity contribution in [1.29, 1.82) is 0 Å². The van der Waals surface area contributed by atoms with Crippen molar-refractivity contribution in [2.45, 2.75) is 13.8 Å². The summed E-state index contributed by atoms with van der Waals surface area (Å²) in [5, 5.41) is 0. The third kappa shape index (κ3) is 3.64. The molecule has 0 spiro atoms. The number of carbonyl (C=O) groups excluding carboxylic acids is 2. The molecule has 4 rings (SSSR count). The zero-order valence-electron chi connectivity index (χ0n) is 16.8. The van der Waals surface area contributed by atoms with E-state index in [-0.39, 0.29) is 11.9 Å². The van der Waals surface area contributed by atoms with Crippen LogP contribution in [0.5, 0.6) is 0 Å². The van der Waals surface area contributed by atoms with Crippen molar-refractivity contribution >= 4 is 29.0 Å². The van der Waals surface area contributed by atoms with Gasteiger partial charge in [0, 0.05) is 51.9 Å². The molecule has 1 fully saturated rings. The van der Waals surface area contributed by atoms with E-state index in [1.807, 2.05) is 17.0 Å². The Morgan fingerprint density at radius 2 is 1.52 bits per heavy atom. The van der Waals surface area contributed by atoms with Gasteiger partial charge in [-0.15, -0.1) is 0 Å². The molecule has 0 atom stereocenters. The number of piperazine rings is 1. The number of carbonyl (C=O) groups is 2. The molecule has 2 aliphatic rings. The fraction of sp³-hybridized carbons (Fsp3) is 0.364. The number of amides is 3. The number of rotatable bonds is 1. The smallest absolute Gasteiger partial charge is 0.324 e. The second-order valence-electron chi connectivity index (χ2n) is 7.50. The van der Waals surface area contributed by atoms with E-state index in [0.717, 1.165) is 13.1 Å². The lowest BCUT2D eigenvalue weighted by atomic mass is 10.1. The van der Waals surface area contributed by atoms with Crippen LogP contribution in [-0.4, -0.2) is 56.1 Å². The SMILES string of the molecule is CC(=O)N1CCN(C(=O)N2CCN(c3ccccc3C)CC2)c2ccc(F)cc21. The summed E-state index contributed by atoms with van der Waals surface area (Å²) in [6.45, 7) is 7.08. The molecule has 0 radical (unpaired) electrons. The van der Waals surface area contributed by atoms with Crippen molar-refractivity contribution in [3.05, 3.63) is 53.8 Å². The van der Waals surface area contributed by atoms with Crippen LogP contribution in [0.3, 0.4) is 0 Å². The van der Waals surface area contributed by atoms with Gasteiger partial charge in [0.25, 0.3) is 0 Å². The van der Waals surface area contributed by atoms with Crippen molar-refractivity contribution in [3.8, 4) is 0 Å². The van der Waals surface area contributed by atoms with Crippen LogP contribution in [0, 0.1) is 12.7 Å². The van der Waals surface area contributed by atoms with E-state index in [4.69, 9.17) is 0 Å². The van der Waals surface area contributed by atoms with Gasteiger partial charge in [-0.25, -0.2) is 9.18 Å². The second-order valence-corrected chi connectivity index (χ2v) is 7.50. The molecule has 2 heterocycles. The average Bonchev–Trinajstić information content (AvgIpc) is 2.72. The Morgan fingerprint density at radius 3 is 2.21 bits per heavy atom. The number of fused-ring (bicyclic) bond motifs is 1. The Bertz CT molecular complexity index is 940. The summed E-state index contributed by atoms with van der Waals surface area (Å²) < 4.78 is 13.8. The normalized spacial score (nSPS) is 16.7. The van der Waals surface area contributed by atoms with Crippen LogP contribution in [-0.2, 0) is 4.79 Å². The maximum Gasteiger partial charge on any atom is 0.324 e. The maximum absolute atomic E-state index is 13.8. The minimum atomic E-state index is -0.420. The number of hydrogen-bond acceptors (Lipinski definition) is 3. The van der Waals surface area contributed by atoms with Crippen LogP contribution in [0.2, 0.25) is 0 Å². The van der Waals surface area contributed by atoms with Gasteiger partial charge in [-0.05, 0) is 36.8 Å². The predicted molar refractivity (Wildman–Crippen MR) is 112 cm³/mol. The van der Waals surface area contributed by atoms with Crippen LogP contribution in [0.1, 0.15) is 12.5 Å². The largest absolute Gasteiger partial charge is 0.368 e. The van der Waals surface area contributed by atoms with Crippen LogP contribution >= 0.6 is 0 Å². The van der Waals surface area contributed by atoms with Gasteiger partial charge < -0.3 is 14.7 Å². The zero-order chi connectivity index (χ0) is 20.5. The summed E-state index contributed by atoms with van der Waals surface area (Å²) in [4.78, 5) is 32.5. The van der Waals surface area contributed by atoms with E-state index in [9.17, 15) is 14.0 Å². The first-order valence-electron chi connectivity index (χ1n) is 9.90. The monoisotopic (exact) mass is 396 g/mol. The van der Waals surface area contributed by atoms with Gasteiger partial charge in [0.05, 0.1) is 11.4 Å². The number of anilines is 3. The van der Waals surface area contributed by atoms with Crippen molar-refractivity contribution in [2.75, 3.05) is 54.0 Å². The highest BCUT2D eigenvalue weighted by Gasteiger charge is 2.32. The maximum atomic E-state index is 13.8. The molecular formula is C22H25FN4O2. The van der Waals surface area contributed by atoms with E-state index >= 15 is 0 Å². The van der Waals surface area contributed by atoms with Gasteiger partial charge in [-0.2, -0.15) is 0 Å². The van der Waals surface area contributed by atoms with Gasteiger partial charge >= 0.3 is 6.03 Å². The lowest BCUT2D eigenvalue weighted by Crippen LogP contribution is -2.55. The molecule has 2 aromatic rings. The quantitative estimate of drug-likeness (QED) is 0.744. The number of benzene rings is 2. The number of nitrogens with zero attached hydrogens (tertiary/aromatic N) is 4. The van der Waals surface area contributed by atoms with Gasteiger partial charge in [-0.1, -0.05) is 18.2 Å². The molecule has 1 saturated heterocycles. The molecule has 0 unspecified atom stereocenters. The highest BCUT2D eigenvalue weighted by atomic mass is 19.1. The van der Waals surface area contributed by atoms with Crippen LogP contribution in [0.15, 0.2) is 42.5 Å². The molecular weight excluding hydrogens is 371 g/mol. The molecule has 6 nitrogen and oxygen atoms in total. The van der Waals surface area contributed by atoms with Crippen molar-refractivity contribution < 1.29 is 14.0 Å². The number of aryl methyl sites for hydroxylation is 1. The average molecular weight is 396 g/mol. The van der Waals surface area contributed by atoms with Gasteiger partial charge in [0.2, 0.25) is 5.91 Å². The third-order valence-electron chi connectivity index (χ3n) is 5.68. The fourth-order valence-corrected chi connectivity index (χ4v) is 4.14. The summed E-state index contributed by atoms with van der Waals surface area (Å²) in [5.41, 5.74) is 3.47. The lowest BCUT2D eigenvalue weighted by molar-refractivity contribution is -0.116. The molecule has 2 aliphatic heterocycles. The highest BCUT2D eigenvalue weighted by Crippen LogP contribution is 2.34. The molecule has 29 heavy (non-hydrogen) atoms. The number of halogens is 1. The summed E-state index contributed by atoms with van der Waals surface area (Å²) in [7, 11) is 0. The summed E-state index contributed by atoms with van der Waals surface area (Å²) in [6, 6.07) is 12.4. The van der Waals surface area contributed by atoms with E-state index in [1.54, 1.807) is 11.0 Å². The standard InChI is InChI=1S/C22H25FN4O2/c1-16-5-3-4-6-19(16)24-9-11-25(12-10-24)22(29)27-14-13-26(17(2)28)21-15-18(23)7-8-20(21)27/h3-8,15H,9-14H2,1-2H3. The molecule has 3 amide bonds. The zero-order valence-corrected chi connectivity index (χ0v) is 16.8. The lowest BCUT2D eigenvalue weighted by Gasteiger charge is -2.41. The van der Waals surface area contributed by atoms with E-state index in [2.05, 4.69) is 24.0 Å². The van der Waals surface area contributed by atoms with Crippen molar-refractivity contribution in [2.24, 2.45) is 0 Å². The van der Waals surface area contributed by atoms with Crippen LogP contribution < -0.4 is 14.7 Å². The van der Waals surface area contributed by atoms with E-state index in [1.165, 1.54) is 35.2 Å². The number of hydrogen-bond donors (Lipinski definition) is 0. The highest BCUT2D eigenvalue weighted by molar-refractivity contribution is 6.03.